The van der Waals surface area contributed by atoms with Crippen LogP contribution in [0.15, 0.2) is 59.3 Å². The Balaban J connectivity index is 1.57. The molecule has 7 nitrogen and oxygen atoms in total. The lowest BCUT2D eigenvalue weighted by molar-refractivity contribution is 0.101. The van der Waals surface area contributed by atoms with Gasteiger partial charge in [-0.1, -0.05) is 37.2 Å². The highest BCUT2D eigenvalue weighted by molar-refractivity contribution is 6.02. The Labute approximate surface area is 168 Å². The summed E-state index contributed by atoms with van der Waals surface area (Å²) >= 11 is 0. The molecule has 0 spiro atoms. The summed E-state index contributed by atoms with van der Waals surface area (Å²) in [5, 5.41) is 6.80. The van der Waals surface area contributed by atoms with Gasteiger partial charge in [0, 0.05) is 37.3 Å². The van der Waals surface area contributed by atoms with Crippen molar-refractivity contribution >= 4 is 22.9 Å². The Bertz CT molecular complexity index is 1110. The van der Waals surface area contributed by atoms with Crippen LogP contribution in [-0.2, 0) is 19.4 Å². The predicted octanol–water partition coefficient (Wildman–Crippen LogP) is 4.11. The quantitative estimate of drug-likeness (QED) is 0.514. The lowest BCUT2D eigenvalue weighted by Crippen LogP contribution is -2.17. The number of aromatic nitrogens is 4. The van der Waals surface area contributed by atoms with Crippen molar-refractivity contribution in [2.45, 2.75) is 33.2 Å². The maximum absolute atomic E-state index is 12.7. The van der Waals surface area contributed by atoms with E-state index in [0.29, 0.717) is 24.2 Å². The number of imidazole rings is 1. The second-order valence-electron chi connectivity index (χ2n) is 7.38. The minimum atomic E-state index is -0.335. The first-order chi connectivity index (χ1) is 14.1. The molecule has 0 radical (unpaired) electrons. The predicted molar refractivity (Wildman–Crippen MR) is 111 cm³/mol. The molecule has 0 aliphatic carbocycles. The summed E-state index contributed by atoms with van der Waals surface area (Å²) in [6.07, 6.45) is 3.25. The number of anilines is 1. The average Bonchev–Trinajstić information content (AvgIpc) is 3.31. The van der Waals surface area contributed by atoms with Crippen LogP contribution < -0.4 is 5.32 Å². The maximum atomic E-state index is 12.7. The first-order valence-corrected chi connectivity index (χ1v) is 9.72. The van der Waals surface area contributed by atoms with Crippen LogP contribution in [0, 0.1) is 5.92 Å². The van der Waals surface area contributed by atoms with Crippen molar-refractivity contribution in [2.75, 3.05) is 5.32 Å². The zero-order valence-electron chi connectivity index (χ0n) is 16.5. The summed E-state index contributed by atoms with van der Waals surface area (Å²) < 4.78 is 7.28. The molecule has 29 heavy (non-hydrogen) atoms. The summed E-state index contributed by atoms with van der Waals surface area (Å²) in [7, 11) is 0. The molecule has 3 heterocycles. The monoisotopic (exact) mass is 389 g/mol. The number of nitrogens with one attached hydrogen (secondary N) is 1. The number of benzene rings is 1. The van der Waals surface area contributed by atoms with Crippen molar-refractivity contribution in [1.29, 1.82) is 0 Å². The van der Waals surface area contributed by atoms with E-state index in [0.717, 1.165) is 29.6 Å². The van der Waals surface area contributed by atoms with Gasteiger partial charge in [0.2, 0.25) is 5.95 Å². The van der Waals surface area contributed by atoms with Crippen molar-refractivity contribution in [3.05, 3.63) is 71.9 Å². The highest BCUT2D eigenvalue weighted by Crippen LogP contribution is 2.21. The SMILES string of the molecule is CC(C)Cc1cc(C(=O)Nc2nc3ccccc3n2CCc2ccccn2)no1. The van der Waals surface area contributed by atoms with Gasteiger partial charge in [-0.2, -0.15) is 0 Å². The van der Waals surface area contributed by atoms with E-state index in [2.05, 4.69) is 34.3 Å². The smallest absolute Gasteiger partial charge is 0.280 e. The molecule has 0 saturated heterocycles. The van der Waals surface area contributed by atoms with Crippen molar-refractivity contribution in [2.24, 2.45) is 5.92 Å². The fraction of sp³-hybridized carbons (Fsp3) is 0.273. The highest BCUT2D eigenvalue weighted by Gasteiger charge is 2.18. The van der Waals surface area contributed by atoms with Gasteiger partial charge in [0.15, 0.2) is 5.69 Å². The van der Waals surface area contributed by atoms with Crippen molar-refractivity contribution in [3.8, 4) is 0 Å². The zero-order valence-corrected chi connectivity index (χ0v) is 16.5. The van der Waals surface area contributed by atoms with Gasteiger partial charge in [0.1, 0.15) is 5.76 Å². The number of nitrogens with zero attached hydrogens (tertiary/aromatic N) is 4. The Morgan fingerprint density at radius 3 is 2.79 bits per heavy atom. The van der Waals surface area contributed by atoms with Crippen molar-refractivity contribution in [3.63, 3.8) is 0 Å². The summed E-state index contributed by atoms with van der Waals surface area (Å²) in [5.41, 5.74) is 3.02. The maximum Gasteiger partial charge on any atom is 0.280 e. The number of hydrogen-bond acceptors (Lipinski definition) is 5. The van der Waals surface area contributed by atoms with Crippen LogP contribution in [0.3, 0.4) is 0 Å². The molecule has 0 aliphatic rings. The zero-order chi connectivity index (χ0) is 20.2. The highest BCUT2D eigenvalue weighted by atomic mass is 16.5. The second kappa shape index (κ2) is 8.26. The van der Waals surface area contributed by atoms with Gasteiger partial charge in [0.05, 0.1) is 11.0 Å². The molecule has 0 unspecified atom stereocenters. The fourth-order valence-corrected chi connectivity index (χ4v) is 3.25. The van der Waals surface area contributed by atoms with E-state index in [-0.39, 0.29) is 11.6 Å². The fourth-order valence-electron chi connectivity index (χ4n) is 3.25. The van der Waals surface area contributed by atoms with Gasteiger partial charge in [-0.25, -0.2) is 4.98 Å². The van der Waals surface area contributed by atoms with Crippen LogP contribution in [-0.4, -0.2) is 25.6 Å². The van der Waals surface area contributed by atoms with Crippen LogP contribution in [0.5, 0.6) is 0 Å². The first-order valence-electron chi connectivity index (χ1n) is 9.72. The molecule has 148 valence electrons. The van der Waals surface area contributed by atoms with Gasteiger partial charge in [-0.05, 0) is 30.2 Å². The summed E-state index contributed by atoms with van der Waals surface area (Å²) in [6, 6.07) is 15.4. The molecule has 1 aromatic carbocycles. The molecule has 1 amide bonds. The lowest BCUT2D eigenvalue weighted by atomic mass is 10.1. The number of carbonyl (C=O) groups is 1. The largest absolute Gasteiger partial charge is 0.361 e. The van der Waals surface area contributed by atoms with Crippen LogP contribution in [0.4, 0.5) is 5.95 Å². The Kier molecular flexibility index (Phi) is 5.37. The van der Waals surface area contributed by atoms with E-state index < -0.39 is 0 Å². The van der Waals surface area contributed by atoms with E-state index in [1.165, 1.54) is 0 Å². The number of hydrogen-bond donors (Lipinski definition) is 1. The first kappa shape index (κ1) is 18.9. The number of fused-ring (bicyclic) bond motifs is 1. The standard InChI is InChI=1S/C22H23N5O2/c1-15(2)13-17-14-19(26-29-17)21(28)25-22-24-18-8-3-4-9-20(18)27(22)12-10-16-7-5-6-11-23-16/h3-9,11,14-15H,10,12-13H2,1-2H3,(H,24,25,28). The number of carbonyl (C=O) groups excluding carboxylic acids is 1. The van der Waals surface area contributed by atoms with E-state index in [1.54, 1.807) is 12.3 Å². The molecule has 4 rings (SSSR count). The normalized spacial score (nSPS) is 11.3. The van der Waals surface area contributed by atoms with Gasteiger partial charge >= 0.3 is 0 Å². The molecule has 0 saturated carbocycles. The molecule has 7 heteroatoms. The molecule has 0 fully saturated rings. The minimum absolute atomic E-state index is 0.254. The lowest BCUT2D eigenvalue weighted by Gasteiger charge is -2.09. The summed E-state index contributed by atoms with van der Waals surface area (Å²) in [4.78, 5) is 21.7. The van der Waals surface area contributed by atoms with Crippen molar-refractivity contribution in [1.82, 2.24) is 19.7 Å². The molecule has 0 atom stereocenters. The van der Waals surface area contributed by atoms with E-state index in [9.17, 15) is 4.79 Å². The number of pyridine rings is 1. The van der Waals surface area contributed by atoms with E-state index in [4.69, 9.17) is 4.52 Å². The Morgan fingerprint density at radius 1 is 1.17 bits per heavy atom. The summed E-state index contributed by atoms with van der Waals surface area (Å²) in [5.74, 6) is 1.28. The second-order valence-corrected chi connectivity index (χ2v) is 7.38. The van der Waals surface area contributed by atoms with Crippen LogP contribution in [0.25, 0.3) is 11.0 Å². The molecule has 4 aromatic rings. The van der Waals surface area contributed by atoms with Gasteiger partial charge in [0.25, 0.3) is 5.91 Å². The third-order valence-electron chi connectivity index (χ3n) is 4.60. The molecule has 0 bridgehead atoms. The Morgan fingerprint density at radius 2 is 2.00 bits per heavy atom. The molecular formula is C22H23N5O2. The Hall–Kier alpha value is -3.48. The average molecular weight is 389 g/mol. The summed E-state index contributed by atoms with van der Waals surface area (Å²) in [6.45, 7) is 4.82. The topological polar surface area (TPSA) is 85.8 Å². The number of rotatable bonds is 7. The van der Waals surface area contributed by atoms with Crippen LogP contribution in [0.2, 0.25) is 0 Å². The van der Waals surface area contributed by atoms with Gasteiger partial charge < -0.3 is 9.09 Å². The molecule has 1 N–H and O–H groups in total. The third-order valence-corrected chi connectivity index (χ3v) is 4.60. The van der Waals surface area contributed by atoms with Crippen LogP contribution in [0.1, 0.15) is 35.8 Å². The molecule has 3 aromatic heterocycles. The van der Waals surface area contributed by atoms with E-state index >= 15 is 0 Å². The van der Waals surface area contributed by atoms with Gasteiger partial charge in [-0.3, -0.25) is 15.1 Å². The van der Waals surface area contributed by atoms with E-state index in [1.807, 2.05) is 47.0 Å². The number of amides is 1. The third kappa shape index (κ3) is 4.34. The molecular weight excluding hydrogens is 366 g/mol. The number of para-hydroxylation sites is 2. The number of aryl methyl sites for hydroxylation is 2. The van der Waals surface area contributed by atoms with Crippen molar-refractivity contribution < 1.29 is 9.32 Å². The van der Waals surface area contributed by atoms with Gasteiger partial charge in [-0.15, -0.1) is 0 Å². The minimum Gasteiger partial charge on any atom is -0.361 e. The molecule has 0 aliphatic heterocycles. The van der Waals surface area contributed by atoms with Crippen LogP contribution >= 0.6 is 0 Å².